The Morgan fingerprint density at radius 1 is 1.38 bits per heavy atom. The summed E-state index contributed by atoms with van der Waals surface area (Å²) in [6.07, 6.45) is 2.97. The first kappa shape index (κ1) is 15.7. The summed E-state index contributed by atoms with van der Waals surface area (Å²) < 4.78 is 6.87. The highest BCUT2D eigenvalue weighted by atomic mass is 32.1. The van der Waals surface area contributed by atoms with Gasteiger partial charge in [-0.2, -0.15) is 0 Å². The molecule has 0 radical (unpaired) electrons. The fourth-order valence-electron chi connectivity index (χ4n) is 3.31. The summed E-state index contributed by atoms with van der Waals surface area (Å²) in [6.45, 7) is 5.85. The molecule has 1 saturated heterocycles. The number of hydrogen-bond donors (Lipinski definition) is 0. The van der Waals surface area contributed by atoms with E-state index in [1.54, 1.807) is 6.20 Å². The molecule has 3 heterocycles. The van der Waals surface area contributed by atoms with Crippen molar-refractivity contribution in [3.05, 3.63) is 47.1 Å². The minimum atomic E-state index is 0.548. The van der Waals surface area contributed by atoms with Crippen LogP contribution in [0.1, 0.15) is 23.1 Å². The van der Waals surface area contributed by atoms with Gasteiger partial charge in [-0.15, -0.1) is 11.3 Å². The maximum atomic E-state index is 5.60. The lowest BCUT2D eigenvalue weighted by Crippen LogP contribution is -2.34. The lowest BCUT2D eigenvalue weighted by Gasteiger charge is -2.23. The molecule has 0 saturated carbocycles. The summed E-state index contributed by atoms with van der Waals surface area (Å²) in [4.78, 5) is 13.9. The summed E-state index contributed by atoms with van der Waals surface area (Å²) in [6, 6.07) is 8.92. The summed E-state index contributed by atoms with van der Waals surface area (Å²) >= 11 is 1.81. The van der Waals surface area contributed by atoms with Crippen LogP contribution in [0.2, 0.25) is 0 Å². The third-order valence-electron chi connectivity index (χ3n) is 4.62. The number of thiazole rings is 1. The van der Waals surface area contributed by atoms with Gasteiger partial charge in [-0.25, -0.2) is 9.97 Å². The normalized spacial score (nSPS) is 18.9. The summed E-state index contributed by atoms with van der Waals surface area (Å²) in [5, 5.41) is 1.21. The number of hydrogen-bond acceptors (Lipinski definition) is 6. The van der Waals surface area contributed by atoms with Crippen LogP contribution in [0.4, 0.5) is 0 Å². The second-order valence-electron chi connectivity index (χ2n) is 6.53. The molecule has 0 amide bonds. The molecule has 1 fully saturated rings. The standard InChI is InChI=1S/C18H22N4OS/c1-13-9-19-17(23-13)11-21(2)14-7-8-22(10-14)12-18-20-15-5-3-4-6-16(15)24-18/h3-6,9,14H,7-8,10-12H2,1-2H3/t14-/m0/s1. The van der Waals surface area contributed by atoms with E-state index in [1.165, 1.54) is 16.1 Å². The van der Waals surface area contributed by atoms with Crippen molar-refractivity contribution in [2.24, 2.45) is 0 Å². The molecular formula is C18H22N4OS. The lowest BCUT2D eigenvalue weighted by atomic mass is 10.2. The fourth-order valence-corrected chi connectivity index (χ4v) is 4.32. The van der Waals surface area contributed by atoms with Crippen molar-refractivity contribution in [3.63, 3.8) is 0 Å². The van der Waals surface area contributed by atoms with Crippen LogP contribution in [0.3, 0.4) is 0 Å². The Labute approximate surface area is 145 Å². The van der Waals surface area contributed by atoms with Crippen LogP contribution >= 0.6 is 11.3 Å². The number of aryl methyl sites for hydroxylation is 1. The van der Waals surface area contributed by atoms with Crippen molar-refractivity contribution in [1.29, 1.82) is 0 Å². The Balaban J connectivity index is 1.35. The predicted molar refractivity (Wildman–Crippen MR) is 96.0 cm³/mol. The summed E-state index contributed by atoms with van der Waals surface area (Å²) in [7, 11) is 2.16. The van der Waals surface area contributed by atoms with Crippen molar-refractivity contribution in [2.45, 2.75) is 32.5 Å². The number of aromatic nitrogens is 2. The van der Waals surface area contributed by atoms with Crippen LogP contribution < -0.4 is 0 Å². The van der Waals surface area contributed by atoms with E-state index in [0.29, 0.717) is 6.04 Å². The van der Waals surface area contributed by atoms with Gasteiger partial charge in [-0.1, -0.05) is 12.1 Å². The van der Waals surface area contributed by atoms with Gasteiger partial charge in [0, 0.05) is 19.1 Å². The number of nitrogens with zero attached hydrogens (tertiary/aromatic N) is 4. The first-order valence-corrected chi connectivity index (χ1v) is 9.17. The van der Waals surface area contributed by atoms with Gasteiger partial charge in [0.05, 0.1) is 29.5 Å². The molecule has 0 bridgehead atoms. The SMILES string of the molecule is Cc1cnc(CN(C)[C@H]2CCN(Cc3nc4ccccc4s3)C2)o1. The van der Waals surface area contributed by atoms with Crippen molar-refractivity contribution in [3.8, 4) is 0 Å². The highest BCUT2D eigenvalue weighted by Gasteiger charge is 2.27. The third-order valence-corrected chi connectivity index (χ3v) is 5.64. The number of likely N-dealkylation sites (tertiary alicyclic amines) is 1. The molecule has 2 aromatic heterocycles. The van der Waals surface area contributed by atoms with Crippen molar-refractivity contribution in [2.75, 3.05) is 20.1 Å². The van der Waals surface area contributed by atoms with Gasteiger partial charge in [0.2, 0.25) is 5.89 Å². The van der Waals surface area contributed by atoms with Crippen LogP contribution in [-0.2, 0) is 13.1 Å². The van der Waals surface area contributed by atoms with Crippen LogP contribution in [0.25, 0.3) is 10.2 Å². The van der Waals surface area contributed by atoms with Crippen LogP contribution in [0, 0.1) is 6.92 Å². The van der Waals surface area contributed by atoms with Gasteiger partial charge in [-0.3, -0.25) is 9.80 Å². The molecule has 0 spiro atoms. The van der Waals surface area contributed by atoms with E-state index in [1.807, 2.05) is 18.3 Å². The topological polar surface area (TPSA) is 45.4 Å². The summed E-state index contributed by atoms with van der Waals surface area (Å²) in [5.41, 5.74) is 1.12. The Kier molecular flexibility index (Phi) is 4.35. The van der Waals surface area contributed by atoms with E-state index >= 15 is 0 Å². The van der Waals surface area contributed by atoms with Gasteiger partial charge in [0.25, 0.3) is 0 Å². The molecule has 24 heavy (non-hydrogen) atoms. The predicted octanol–water partition coefficient (Wildman–Crippen LogP) is 3.30. The molecule has 0 aliphatic carbocycles. The maximum absolute atomic E-state index is 5.60. The zero-order valence-corrected chi connectivity index (χ0v) is 14.9. The summed E-state index contributed by atoms with van der Waals surface area (Å²) in [5.74, 6) is 1.68. The highest BCUT2D eigenvalue weighted by Crippen LogP contribution is 2.25. The van der Waals surface area contributed by atoms with Crippen molar-refractivity contribution >= 4 is 21.6 Å². The second kappa shape index (κ2) is 6.63. The molecular weight excluding hydrogens is 320 g/mol. The molecule has 0 N–H and O–H groups in total. The largest absolute Gasteiger partial charge is 0.445 e. The minimum Gasteiger partial charge on any atom is -0.445 e. The Bertz CT molecular complexity index is 794. The van der Waals surface area contributed by atoms with E-state index in [4.69, 9.17) is 9.40 Å². The molecule has 3 aromatic rings. The van der Waals surface area contributed by atoms with Gasteiger partial charge in [0.1, 0.15) is 10.8 Å². The molecule has 1 aromatic carbocycles. The molecule has 6 heteroatoms. The third kappa shape index (κ3) is 3.36. The van der Waals surface area contributed by atoms with Crippen LogP contribution in [0.15, 0.2) is 34.9 Å². The van der Waals surface area contributed by atoms with Crippen molar-refractivity contribution < 1.29 is 4.42 Å². The first-order valence-electron chi connectivity index (χ1n) is 8.36. The second-order valence-corrected chi connectivity index (χ2v) is 7.65. The number of fused-ring (bicyclic) bond motifs is 1. The van der Waals surface area contributed by atoms with E-state index < -0.39 is 0 Å². The molecule has 0 unspecified atom stereocenters. The molecule has 1 aliphatic heterocycles. The number of likely N-dealkylation sites (N-methyl/N-ethyl adjacent to an activating group) is 1. The average molecular weight is 342 g/mol. The molecule has 4 rings (SSSR count). The van der Waals surface area contributed by atoms with E-state index in [-0.39, 0.29) is 0 Å². The molecule has 1 aliphatic rings. The van der Waals surface area contributed by atoms with Crippen LogP contribution in [0.5, 0.6) is 0 Å². The molecule has 1 atom stereocenters. The Morgan fingerprint density at radius 3 is 3.04 bits per heavy atom. The molecule has 126 valence electrons. The number of oxazole rings is 1. The fraction of sp³-hybridized carbons (Fsp3) is 0.444. The smallest absolute Gasteiger partial charge is 0.208 e. The van der Waals surface area contributed by atoms with E-state index in [0.717, 1.165) is 43.3 Å². The number of para-hydroxylation sites is 1. The highest BCUT2D eigenvalue weighted by molar-refractivity contribution is 7.18. The monoisotopic (exact) mass is 342 g/mol. The van der Waals surface area contributed by atoms with E-state index in [9.17, 15) is 0 Å². The number of rotatable bonds is 5. The maximum Gasteiger partial charge on any atom is 0.208 e. The quantitative estimate of drug-likeness (QED) is 0.712. The lowest BCUT2D eigenvalue weighted by molar-refractivity contribution is 0.204. The Hall–Kier alpha value is -1.76. The zero-order chi connectivity index (χ0) is 16.5. The van der Waals surface area contributed by atoms with E-state index in [2.05, 4.69) is 46.1 Å². The van der Waals surface area contributed by atoms with Crippen LogP contribution in [-0.4, -0.2) is 45.9 Å². The van der Waals surface area contributed by atoms with Gasteiger partial charge < -0.3 is 4.42 Å². The molecule has 5 nitrogen and oxygen atoms in total. The minimum absolute atomic E-state index is 0.548. The van der Waals surface area contributed by atoms with Gasteiger partial charge in [0.15, 0.2) is 0 Å². The zero-order valence-electron chi connectivity index (χ0n) is 14.1. The Morgan fingerprint density at radius 2 is 2.25 bits per heavy atom. The van der Waals surface area contributed by atoms with Crippen molar-refractivity contribution in [1.82, 2.24) is 19.8 Å². The average Bonchev–Trinajstić information content (AvgIpc) is 3.27. The first-order chi connectivity index (χ1) is 11.7. The van der Waals surface area contributed by atoms with Gasteiger partial charge in [-0.05, 0) is 32.5 Å². The van der Waals surface area contributed by atoms with Gasteiger partial charge >= 0.3 is 0 Å². The number of benzene rings is 1.